The van der Waals surface area contributed by atoms with Crippen LogP contribution in [0.2, 0.25) is 0 Å². The quantitative estimate of drug-likeness (QED) is 0.176. The van der Waals surface area contributed by atoms with Gasteiger partial charge in [-0.1, -0.05) is 158 Å². The lowest BCUT2D eigenvalue weighted by atomic mass is 10.0. The highest BCUT2D eigenvalue weighted by molar-refractivity contribution is 6.28. The van der Waals surface area contributed by atoms with E-state index < -0.39 is 0 Å². The Morgan fingerprint density at radius 1 is 0.345 bits per heavy atom. The maximum absolute atomic E-state index is 5.39. The topological polar surface area (TPSA) is 35.6 Å². The summed E-state index contributed by atoms with van der Waals surface area (Å²) in [5, 5.41) is 8.14. The zero-order chi connectivity index (χ0) is 38.2. The lowest BCUT2D eigenvalue weighted by molar-refractivity contribution is 1.18. The molecule has 0 saturated carbocycles. The van der Waals surface area contributed by atoms with Gasteiger partial charge >= 0.3 is 0 Å². The fraction of sp³-hybridized carbons (Fsp3) is 0. The van der Waals surface area contributed by atoms with E-state index in [-0.39, 0.29) is 0 Å². The van der Waals surface area contributed by atoms with E-state index in [9.17, 15) is 0 Å². The molecule has 0 saturated heterocycles. The Labute approximate surface area is 334 Å². The molecule has 270 valence electrons. The highest BCUT2D eigenvalue weighted by Crippen LogP contribution is 2.45. The van der Waals surface area contributed by atoms with Gasteiger partial charge in [0.25, 0.3) is 0 Å². The first-order chi connectivity index (χ1) is 28.8. The van der Waals surface area contributed by atoms with Gasteiger partial charge in [0, 0.05) is 49.4 Å². The Hall–Kier alpha value is -7.82. The normalized spacial score (nSPS) is 11.8. The van der Waals surface area contributed by atoms with Gasteiger partial charge in [-0.2, -0.15) is 0 Å². The third kappa shape index (κ3) is 4.95. The molecule has 0 aliphatic carbocycles. The van der Waals surface area contributed by atoms with Gasteiger partial charge in [-0.25, -0.2) is 9.97 Å². The molecule has 0 spiro atoms. The second-order valence-electron chi connectivity index (χ2n) is 15.0. The van der Waals surface area contributed by atoms with E-state index in [1.54, 1.807) is 0 Å². The van der Waals surface area contributed by atoms with Crippen molar-refractivity contribution in [2.45, 2.75) is 0 Å². The van der Waals surface area contributed by atoms with E-state index in [1.165, 1.54) is 32.7 Å². The Kier molecular flexibility index (Phi) is 7.20. The summed E-state index contributed by atoms with van der Waals surface area (Å²) in [4.78, 5) is 10.7. The van der Waals surface area contributed by atoms with E-state index in [0.717, 1.165) is 71.9 Å². The van der Waals surface area contributed by atoms with Crippen LogP contribution in [0.15, 0.2) is 206 Å². The van der Waals surface area contributed by atoms with Crippen LogP contribution in [-0.4, -0.2) is 19.1 Å². The largest absolute Gasteiger partial charge is 0.309 e. The molecular formula is C54H34N4. The second kappa shape index (κ2) is 12.9. The molecule has 0 unspecified atom stereocenters. The SMILES string of the molecule is c1ccc(-c2cccc(-n3c4ccccc4c4c3ccc3c5c(-c6nc(-c7ccccc7)c7ccccc7n6)cccc5n(-c5ccc6ccccc6c5)c34)c2)cc1. The van der Waals surface area contributed by atoms with Crippen LogP contribution in [0.5, 0.6) is 0 Å². The molecule has 0 aliphatic heterocycles. The van der Waals surface area contributed by atoms with E-state index in [4.69, 9.17) is 9.97 Å². The van der Waals surface area contributed by atoms with Crippen molar-refractivity contribution in [2.75, 3.05) is 0 Å². The van der Waals surface area contributed by atoms with Gasteiger partial charge in [0.2, 0.25) is 0 Å². The van der Waals surface area contributed by atoms with Crippen LogP contribution in [0.25, 0.3) is 110 Å². The number of aromatic nitrogens is 4. The summed E-state index contributed by atoms with van der Waals surface area (Å²) >= 11 is 0. The molecule has 3 aromatic heterocycles. The van der Waals surface area contributed by atoms with Crippen molar-refractivity contribution < 1.29 is 0 Å². The molecule has 0 radical (unpaired) electrons. The summed E-state index contributed by atoms with van der Waals surface area (Å²) in [6.45, 7) is 0. The van der Waals surface area contributed by atoms with Gasteiger partial charge < -0.3 is 9.13 Å². The molecule has 0 bridgehead atoms. The number of fused-ring (bicyclic) bond motifs is 9. The molecule has 12 rings (SSSR count). The summed E-state index contributed by atoms with van der Waals surface area (Å²) in [6.07, 6.45) is 0. The standard InChI is InChI=1S/C54H34N4/c1-3-15-35(16-4-1)39-21-13-22-40(33-39)57-47-27-12-10-24-43(47)51-49(57)32-31-44-50-45(54-55-46-26-11-9-23-42(46)52(56-54)37-18-5-2-6-19-37)25-14-28-48(50)58(53(44)51)41-30-29-36-17-7-8-20-38(36)34-41/h1-34H. The number of benzene rings is 9. The van der Waals surface area contributed by atoms with Crippen LogP contribution in [0.1, 0.15) is 0 Å². The number of rotatable bonds is 5. The molecule has 9 aromatic carbocycles. The summed E-state index contributed by atoms with van der Waals surface area (Å²) in [6, 6.07) is 73.8. The number of hydrogen-bond acceptors (Lipinski definition) is 2. The maximum Gasteiger partial charge on any atom is 0.161 e. The third-order valence-electron chi connectivity index (χ3n) is 11.7. The molecule has 3 heterocycles. The fourth-order valence-corrected chi connectivity index (χ4v) is 9.12. The van der Waals surface area contributed by atoms with Crippen molar-refractivity contribution in [3.8, 4) is 45.1 Å². The summed E-state index contributed by atoms with van der Waals surface area (Å²) in [5.74, 6) is 0.709. The van der Waals surface area contributed by atoms with Crippen molar-refractivity contribution in [1.82, 2.24) is 19.1 Å². The van der Waals surface area contributed by atoms with Crippen molar-refractivity contribution >= 4 is 65.3 Å². The molecular weight excluding hydrogens is 705 g/mol. The van der Waals surface area contributed by atoms with E-state index in [1.807, 2.05) is 6.07 Å². The third-order valence-corrected chi connectivity index (χ3v) is 11.7. The lowest BCUT2D eigenvalue weighted by Crippen LogP contribution is -1.97. The average molecular weight is 739 g/mol. The van der Waals surface area contributed by atoms with Gasteiger partial charge in [0.1, 0.15) is 0 Å². The second-order valence-corrected chi connectivity index (χ2v) is 15.0. The molecule has 58 heavy (non-hydrogen) atoms. The van der Waals surface area contributed by atoms with Crippen LogP contribution in [0, 0.1) is 0 Å². The zero-order valence-electron chi connectivity index (χ0n) is 31.4. The van der Waals surface area contributed by atoms with Crippen molar-refractivity contribution in [1.29, 1.82) is 0 Å². The van der Waals surface area contributed by atoms with E-state index >= 15 is 0 Å². The molecule has 0 N–H and O–H groups in total. The first kappa shape index (κ1) is 32.4. The predicted octanol–water partition coefficient (Wildman–Crippen LogP) is 14.0. The zero-order valence-corrected chi connectivity index (χ0v) is 31.4. The van der Waals surface area contributed by atoms with Crippen molar-refractivity contribution in [3.63, 3.8) is 0 Å². The Balaban J connectivity index is 1.21. The minimum Gasteiger partial charge on any atom is -0.309 e. The summed E-state index contributed by atoms with van der Waals surface area (Å²) < 4.78 is 4.90. The Morgan fingerprint density at radius 3 is 1.86 bits per heavy atom. The summed E-state index contributed by atoms with van der Waals surface area (Å²) in [7, 11) is 0. The van der Waals surface area contributed by atoms with Gasteiger partial charge in [0.05, 0.1) is 33.3 Å². The van der Waals surface area contributed by atoms with E-state index in [2.05, 4.69) is 209 Å². The smallest absolute Gasteiger partial charge is 0.161 e. The van der Waals surface area contributed by atoms with Gasteiger partial charge in [-0.05, 0) is 70.4 Å². The molecule has 0 aliphatic rings. The van der Waals surface area contributed by atoms with Crippen molar-refractivity contribution in [2.24, 2.45) is 0 Å². The van der Waals surface area contributed by atoms with E-state index in [0.29, 0.717) is 5.82 Å². The van der Waals surface area contributed by atoms with Gasteiger partial charge in [-0.3, -0.25) is 0 Å². The highest BCUT2D eigenvalue weighted by atomic mass is 15.0. The Morgan fingerprint density at radius 2 is 1.00 bits per heavy atom. The van der Waals surface area contributed by atoms with Crippen LogP contribution >= 0.6 is 0 Å². The predicted molar refractivity (Wildman–Crippen MR) is 242 cm³/mol. The molecule has 4 nitrogen and oxygen atoms in total. The first-order valence-electron chi connectivity index (χ1n) is 19.8. The fourth-order valence-electron chi connectivity index (χ4n) is 9.12. The first-order valence-corrected chi connectivity index (χ1v) is 19.8. The Bertz CT molecular complexity index is 3560. The van der Waals surface area contributed by atoms with Crippen LogP contribution in [0.4, 0.5) is 0 Å². The maximum atomic E-state index is 5.39. The highest BCUT2D eigenvalue weighted by Gasteiger charge is 2.24. The van der Waals surface area contributed by atoms with Gasteiger partial charge in [-0.15, -0.1) is 0 Å². The number of hydrogen-bond donors (Lipinski definition) is 0. The molecule has 12 aromatic rings. The van der Waals surface area contributed by atoms with Gasteiger partial charge in [0.15, 0.2) is 5.82 Å². The van der Waals surface area contributed by atoms with Crippen LogP contribution in [0.3, 0.4) is 0 Å². The molecule has 0 fully saturated rings. The molecule has 0 atom stereocenters. The minimum atomic E-state index is 0.709. The van der Waals surface area contributed by atoms with Crippen molar-refractivity contribution in [3.05, 3.63) is 206 Å². The number of nitrogens with zero attached hydrogens (tertiary/aromatic N) is 4. The van der Waals surface area contributed by atoms with Crippen LogP contribution in [-0.2, 0) is 0 Å². The molecule has 0 amide bonds. The van der Waals surface area contributed by atoms with Crippen LogP contribution < -0.4 is 0 Å². The lowest BCUT2D eigenvalue weighted by Gasteiger charge is -2.12. The molecule has 4 heteroatoms. The summed E-state index contributed by atoms with van der Waals surface area (Å²) in [5.41, 5.74) is 13.1. The minimum absolute atomic E-state index is 0.709. The average Bonchev–Trinajstić information content (AvgIpc) is 3.82. The monoisotopic (exact) mass is 738 g/mol. The number of para-hydroxylation sites is 2.